The molecule has 0 bridgehead atoms. The molecule has 4 nitrogen and oxygen atoms in total. The van der Waals surface area contributed by atoms with Gasteiger partial charge >= 0.3 is 0 Å². The van der Waals surface area contributed by atoms with Crippen LogP contribution in [0.25, 0.3) is 0 Å². The van der Waals surface area contributed by atoms with E-state index in [9.17, 15) is 13.5 Å². The highest BCUT2D eigenvalue weighted by Crippen LogP contribution is 2.32. The smallest absolute Gasteiger partial charge is 0.150 e. The second-order valence-corrected chi connectivity index (χ2v) is 7.14. The summed E-state index contributed by atoms with van der Waals surface area (Å²) in [5.41, 5.74) is 7.42. The molecule has 5 heteroatoms. The first-order valence-electron chi connectivity index (χ1n) is 6.20. The van der Waals surface area contributed by atoms with Gasteiger partial charge in [-0.15, -0.1) is 0 Å². The van der Waals surface area contributed by atoms with Crippen molar-refractivity contribution in [2.45, 2.75) is 25.5 Å². The molecule has 1 fully saturated rings. The van der Waals surface area contributed by atoms with Crippen LogP contribution in [0.4, 0.5) is 0 Å². The molecule has 1 heterocycles. The maximum atomic E-state index is 11.4. The lowest BCUT2D eigenvalue weighted by molar-refractivity contribution is 0.101. The van der Waals surface area contributed by atoms with Gasteiger partial charge in [-0.3, -0.25) is 0 Å². The summed E-state index contributed by atoms with van der Waals surface area (Å²) in [6, 6.07) is 7.54. The molecule has 2 rings (SSSR count). The maximum Gasteiger partial charge on any atom is 0.150 e. The zero-order chi connectivity index (χ0) is 13.2. The molecule has 1 aliphatic rings. The van der Waals surface area contributed by atoms with E-state index >= 15 is 0 Å². The topological polar surface area (TPSA) is 80.4 Å². The third-order valence-corrected chi connectivity index (χ3v) is 5.35. The largest absolute Gasteiger partial charge is 0.388 e. The van der Waals surface area contributed by atoms with Crippen molar-refractivity contribution in [3.8, 4) is 0 Å². The molecule has 1 aromatic rings. The molecular weight excluding hydrogens is 250 g/mol. The molecule has 1 aromatic carbocycles. The highest BCUT2D eigenvalue weighted by Gasteiger charge is 2.29. The quantitative estimate of drug-likeness (QED) is 0.858. The molecule has 0 saturated carbocycles. The Balaban J connectivity index is 2.14. The van der Waals surface area contributed by atoms with Gasteiger partial charge in [-0.05, 0) is 29.9 Å². The Morgan fingerprint density at radius 3 is 2.50 bits per heavy atom. The molecule has 1 unspecified atom stereocenters. The molecular formula is C13H19NO3S. The Kier molecular flexibility index (Phi) is 4.04. The Bertz CT molecular complexity index is 499. The second kappa shape index (κ2) is 5.38. The minimum Gasteiger partial charge on any atom is -0.388 e. The van der Waals surface area contributed by atoms with Gasteiger partial charge in [0.1, 0.15) is 9.84 Å². The zero-order valence-electron chi connectivity index (χ0n) is 10.2. The van der Waals surface area contributed by atoms with E-state index in [-0.39, 0.29) is 17.4 Å². The minimum atomic E-state index is -2.88. The third kappa shape index (κ3) is 2.91. The van der Waals surface area contributed by atoms with E-state index in [1.54, 1.807) is 0 Å². The Labute approximate surface area is 108 Å². The molecule has 0 spiro atoms. The van der Waals surface area contributed by atoms with Crippen molar-refractivity contribution in [2.24, 2.45) is 11.7 Å². The predicted octanol–water partition coefficient (Wildman–Crippen LogP) is 1.00. The predicted molar refractivity (Wildman–Crippen MR) is 70.7 cm³/mol. The van der Waals surface area contributed by atoms with Gasteiger partial charge in [0.25, 0.3) is 0 Å². The maximum absolute atomic E-state index is 11.4. The number of aliphatic hydroxyl groups excluding tert-OH is 1. The number of nitrogens with two attached hydrogens (primary N) is 1. The molecule has 1 atom stereocenters. The van der Waals surface area contributed by atoms with E-state index in [0.717, 1.165) is 11.1 Å². The highest BCUT2D eigenvalue weighted by molar-refractivity contribution is 7.91. The standard InChI is InChI=1S/C13H19NO3S/c14-9-11-3-1-2-4-12(11)13(15)10-5-7-18(16,17)8-6-10/h1-4,10,13,15H,5-9,14H2. The lowest BCUT2D eigenvalue weighted by atomic mass is 9.88. The van der Waals surface area contributed by atoms with Crippen molar-refractivity contribution in [3.63, 3.8) is 0 Å². The summed E-state index contributed by atoms with van der Waals surface area (Å²) in [5.74, 6) is 0.375. The van der Waals surface area contributed by atoms with Crippen molar-refractivity contribution >= 4 is 9.84 Å². The van der Waals surface area contributed by atoms with E-state index < -0.39 is 15.9 Å². The Morgan fingerprint density at radius 1 is 1.28 bits per heavy atom. The van der Waals surface area contributed by atoms with Gasteiger partial charge in [0.2, 0.25) is 0 Å². The summed E-state index contributed by atoms with van der Waals surface area (Å²) in [5, 5.41) is 10.4. The molecule has 3 N–H and O–H groups in total. The van der Waals surface area contributed by atoms with Crippen LogP contribution in [0.2, 0.25) is 0 Å². The van der Waals surface area contributed by atoms with E-state index in [4.69, 9.17) is 5.73 Å². The van der Waals surface area contributed by atoms with Crippen molar-refractivity contribution in [1.29, 1.82) is 0 Å². The van der Waals surface area contributed by atoms with Gasteiger partial charge < -0.3 is 10.8 Å². The van der Waals surface area contributed by atoms with Crippen molar-refractivity contribution in [2.75, 3.05) is 11.5 Å². The minimum absolute atomic E-state index is 0.0150. The molecule has 1 aliphatic heterocycles. The molecule has 100 valence electrons. The fourth-order valence-electron chi connectivity index (χ4n) is 2.49. The second-order valence-electron chi connectivity index (χ2n) is 4.84. The van der Waals surface area contributed by atoms with Gasteiger partial charge in [-0.2, -0.15) is 0 Å². The van der Waals surface area contributed by atoms with Crippen LogP contribution in [0.5, 0.6) is 0 Å². The number of rotatable bonds is 3. The normalized spacial score (nSPS) is 21.7. The molecule has 0 amide bonds. The highest BCUT2D eigenvalue weighted by atomic mass is 32.2. The van der Waals surface area contributed by atoms with Crippen LogP contribution < -0.4 is 5.73 Å². The first kappa shape index (κ1) is 13.5. The number of aliphatic hydroxyl groups is 1. The number of sulfone groups is 1. The van der Waals surface area contributed by atoms with Crippen LogP contribution >= 0.6 is 0 Å². The number of benzene rings is 1. The molecule has 0 aromatic heterocycles. The summed E-state index contributed by atoms with van der Waals surface area (Å²) in [4.78, 5) is 0. The van der Waals surface area contributed by atoms with Crippen LogP contribution in [0.3, 0.4) is 0 Å². The molecule has 1 saturated heterocycles. The van der Waals surface area contributed by atoms with Crippen LogP contribution in [0, 0.1) is 5.92 Å². The number of hydrogen-bond acceptors (Lipinski definition) is 4. The summed E-state index contributed by atoms with van der Waals surface area (Å²) in [6.45, 7) is 0.387. The fraction of sp³-hybridized carbons (Fsp3) is 0.538. The summed E-state index contributed by atoms with van der Waals surface area (Å²) in [6.07, 6.45) is 0.449. The van der Waals surface area contributed by atoms with Crippen molar-refractivity contribution in [3.05, 3.63) is 35.4 Å². The van der Waals surface area contributed by atoms with Gasteiger partial charge in [0, 0.05) is 6.54 Å². The lowest BCUT2D eigenvalue weighted by Crippen LogP contribution is -2.27. The van der Waals surface area contributed by atoms with Crippen LogP contribution in [-0.2, 0) is 16.4 Å². The Morgan fingerprint density at radius 2 is 1.89 bits per heavy atom. The SMILES string of the molecule is NCc1ccccc1C(O)C1CCS(=O)(=O)CC1. The van der Waals surface area contributed by atoms with Gasteiger partial charge in [-0.25, -0.2) is 8.42 Å². The first-order chi connectivity index (χ1) is 8.53. The van der Waals surface area contributed by atoms with Gasteiger partial charge in [-0.1, -0.05) is 24.3 Å². The van der Waals surface area contributed by atoms with Crippen LogP contribution in [-0.4, -0.2) is 25.0 Å². The van der Waals surface area contributed by atoms with Crippen LogP contribution in [0.15, 0.2) is 24.3 Å². The third-order valence-electron chi connectivity index (χ3n) is 3.64. The Hall–Kier alpha value is -0.910. The number of hydrogen-bond donors (Lipinski definition) is 2. The lowest BCUT2D eigenvalue weighted by Gasteiger charge is -2.28. The summed E-state index contributed by atoms with van der Waals surface area (Å²) >= 11 is 0. The summed E-state index contributed by atoms with van der Waals surface area (Å²) < 4.78 is 22.8. The van der Waals surface area contributed by atoms with E-state index in [0.29, 0.717) is 19.4 Å². The molecule has 0 radical (unpaired) electrons. The average Bonchev–Trinajstić information content (AvgIpc) is 2.38. The zero-order valence-corrected chi connectivity index (χ0v) is 11.1. The van der Waals surface area contributed by atoms with Gasteiger partial charge in [0.15, 0.2) is 0 Å². The van der Waals surface area contributed by atoms with E-state index in [2.05, 4.69) is 0 Å². The monoisotopic (exact) mass is 269 g/mol. The first-order valence-corrected chi connectivity index (χ1v) is 8.02. The van der Waals surface area contributed by atoms with E-state index in [1.807, 2.05) is 24.3 Å². The average molecular weight is 269 g/mol. The van der Waals surface area contributed by atoms with E-state index in [1.165, 1.54) is 0 Å². The van der Waals surface area contributed by atoms with Crippen LogP contribution in [0.1, 0.15) is 30.1 Å². The van der Waals surface area contributed by atoms with Gasteiger partial charge in [0.05, 0.1) is 17.6 Å². The molecule has 18 heavy (non-hydrogen) atoms. The fourth-order valence-corrected chi connectivity index (χ4v) is 4.01. The summed E-state index contributed by atoms with van der Waals surface area (Å²) in [7, 11) is -2.88. The molecule has 0 aliphatic carbocycles. The van der Waals surface area contributed by atoms with Crippen molar-refractivity contribution in [1.82, 2.24) is 0 Å². The van der Waals surface area contributed by atoms with Crippen molar-refractivity contribution < 1.29 is 13.5 Å².